The molecule has 35 heavy (non-hydrogen) atoms. The highest BCUT2D eigenvalue weighted by atomic mass is 32.2. The molecule has 180 valence electrons. The van der Waals surface area contributed by atoms with Crippen LogP contribution in [0.3, 0.4) is 0 Å². The zero-order valence-corrected chi connectivity index (χ0v) is 20.4. The predicted octanol–water partition coefficient (Wildman–Crippen LogP) is 2.84. The van der Waals surface area contributed by atoms with E-state index in [9.17, 15) is 13.2 Å². The van der Waals surface area contributed by atoms with E-state index in [2.05, 4.69) is 20.2 Å². The van der Waals surface area contributed by atoms with Crippen LogP contribution < -0.4 is 5.32 Å². The lowest BCUT2D eigenvalue weighted by Crippen LogP contribution is -2.47. The number of carbonyl (C=O) groups is 1. The lowest BCUT2D eigenvalue weighted by Gasteiger charge is -2.31. The first kappa shape index (κ1) is 23.0. The summed E-state index contributed by atoms with van der Waals surface area (Å²) in [6.45, 7) is 2.80. The molecule has 0 aliphatic carbocycles. The minimum atomic E-state index is -3.25. The first-order valence-corrected chi connectivity index (χ1v) is 13.1. The summed E-state index contributed by atoms with van der Waals surface area (Å²) in [7, 11) is -1.41. The van der Waals surface area contributed by atoms with Gasteiger partial charge in [-0.05, 0) is 48.0 Å². The fraction of sp³-hybridized carbons (Fsp3) is 0.240. The van der Waals surface area contributed by atoms with Crippen molar-refractivity contribution in [2.75, 3.05) is 38.3 Å². The van der Waals surface area contributed by atoms with Crippen molar-refractivity contribution >= 4 is 38.4 Å². The molecular weight excluding hydrogens is 464 g/mol. The van der Waals surface area contributed by atoms with Crippen LogP contribution in [0.5, 0.6) is 0 Å². The van der Waals surface area contributed by atoms with E-state index in [1.165, 1.54) is 6.26 Å². The molecule has 1 aliphatic rings. The molecule has 0 spiro atoms. The molecule has 5 rings (SSSR count). The van der Waals surface area contributed by atoms with Crippen molar-refractivity contribution in [1.82, 2.24) is 24.3 Å². The molecule has 3 heterocycles. The Morgan fingerprint density at radius 2 is 1.74 bits per heavy atom. The fourth-order valence-corrected chi connectivity index (χ4v) is 4.69. The number of hydrogen-bond acceptors (Lipinski definition) is 7. The van der Waals surface area contributed by atoms with Crippen molar-refractivity contribution in [1.29, 1.82) is 0 Å². The van der Waals surface area contributed by atoms with Crippen molar-refractivity contribution < 1.29 is 13.2 Å². The molecule has 0 unspecified atom stereocenters. The minimum absolute atomic E-state index is 0.151. The van der Waals surface area contributed by atoms with Crippen LogP contribution in [0.1, 0.15) is 5.56 Å². The Morgan fingerprint density at radius 3 is 2.43 bits per heavy atom. The topological polar surface area (TPSA) is 100 Å². The summed E-state index contributed by atoms with van der Waals surface area (Å²) in [5.74, 6) is 0.612. The van der Waals surface area contributed by atoms with Crippen LogP contribution in [0.4, 0.5) is 11.6 Å². The summed E-state index contributed by atoms with van der Waals surface area (Å²) in [5, 5.41) is 4.12. The molecule has 0 radical (unpaired) electrons. The third kappa shape index (κ3) is 5.03. The van der Waals surface area contributed by atoms with Crippen LogP contribution in [0.2, 0.25) is 0 Å². The van der Waals surface area contributed by atoms with Gasteiger partial charge in [0.05, 0.1) is 11.4 Å². The summed E-state index contributed by atoms with van der Waals surface area (Å²) >= 11 is 0. The number of benzene rings is 2. The first-order valence-electron chi connectivity index (χ1n) is 11.2. The monoisotopic (exact) mass is 490 g/mol. The molecule has 10 heteroatoms. The Bertz CT molecular complexity index is 1480. The Kier molecular flexibility index (Phi) is 6.00. The Morgan fingerprint density at radius 1 is 1.00 bits per heavy atom. The zero-order chi connectivity index (χ0) is 24.6. The van der Waals surface area contributed by atoms with Crippen molar-refractivity contribution in [2.24, 2.45) is 0 Å². The van der Waals surface area contributed by atoms with Gasteiger partial charge in [-0.1, -0.05) is 12.1 Å². The SMILES string of the molecule is CN1CCN(Cc2ccc(Nc3ncc4ccn(-c5ccc(S(C)(=O)=O)cc5)c4n3)cc2)CC1=O. The summed E-state index contributed by atoms with van der Waals surface area (Å²) in [6.07, 6.45) is 4.83. The standard InChI is InChI=1S/C25H26N6O3S/c1-29-13-14-30(17-23(29)32)16-18-3-5-20(6-4-18)27-25-26-15-19-11-12-31(24(19)28-25)21-7-9-22(10-8-21)35(2,33)34/h3-12,15H,13-14,16-17H2,1-2H3,(H,26,27,28). The molecule has 1 N–H and O–H groups in total. The zero-order valence-electron chi connectivity index (χ0n) is 19.5. The maximum absolute atomic E-state index is 11.9. The summed E-state index contributed by atoms with van der Waals surface area (Å²) < 4.78 is 25.4. The molecule has 1 fully saturated rings. The number of piperazine rings is 1. The largest absolute Gasteiger partial charge is 0.343 e. The average Bonchev–Trinajstić information content (AvgIpc) is 3.25. The quantitative estimate of drug-likeness (QED) is 0.444. The smallest absolute Gasteiger partial charge is 0.236 e. The van der Waals surface area contributed by atoms with Crippen LogP contribution in [0.15, 0.2) is 71.9 Å². The van der Waals surface area contributed by atoms with Gasteiger partial charge in [0.25, 0.3) is 0 Å². The van der Waals surface area contributed by atoms with Gasteiger partial charge < -0.3 is 14.8 Å². The van der Waals surface area contributed by atoms with Crippen LogP contribution in [0, 0.1) is 0 Å². The van der Waals surface area contributed by atoms with Crippen molar-refractivity contribution in [3.05, 3.63) is 72.6 Å². The second-order valence-corrected chi connectivity index (χ2v) is 10.8. The van der Waals surface area contributed by atoms with Gasteiger partial charge in [-0.2, -0.15) is 4.98 Å². The second-order valence-electron chi connectivity index (χ2n) is 8.77. The number of nitrogens with one attached hydrogen (secondary N) is 1. The molecule has 1 aliphatic heterocycles. The molecule has 1 saturated heterocycles. The molecule has 2 aromatic heterocycles. The fourth-order valence-electron chi connectivity index (χ4n) is 4.06. The highest BCUT2D eigenvalue weighted by molar-refractivity contribution is 7.90. The molecule has 0 atom stereocenters. The van der Waals surface area contributed by atoms with Gasteiger partial charge in [-0.25, -0.2) is 13.4 Å². The van der Waals surface area contributed by atoms with E-state index in [-0.39, 0.29) is 10.8 Å². The Balaban J connectivity index is 1.31. The van der Waals surface area contributed by atoms with Gasteiger partial charge in [-0.3, -0.25) is 9.69 Å². The van der Waals surface area contributed by atoms with Gasteiger partial charge in [0.1, 0.15) is 5.65 Å². The number of aromatic nitrogens is 3. The highest BCUT2D eigenvalue weighted by Gasteiger charge is 2.20. The van der Waals surface area contributed by atoms with E-state index in [1.807, 2.05) is 48.1 Å². The van der Waals surface area contributed by atoms with E-state index in [0.29, 0.717) is 18.1 Å². The first-order chi connectivity index (χ1) is 16.8. The number of carbonyl (C=O) groups excluding carboxylic acids is 1. The van der Waals surface area contributed by atoms with E-state index in [0.717, 1.165) is 42.0 Å². The number of hydrogen-bond donors (Lipinski definition) is 1. The van der Waals surface area contributed by atoms with Crippen LogP contribution in [-0.2, 0) is 21.2 Å². The summed E-state index contributed by atoms with van der Waals surface area (Å²) in [4.78, 5) is 25.2. The van der Waals surface area contributed by atoms with Crippen molar-refractivity contribution in [3.63, 3.8) is 0 Å². The van der Waals surface area contributed by atoms with Gasteiger partial charge in [0, 0.05) is 62.1 Å². The lowest BCUT2D eigenvalue weighted by molar-refractivity contribution is -0.134. The maximum atomic E-state index is 11.9. The van der Waals surface area contributed by atoms with Crippen molar-refractivity contribution in [2.45, 2.75) is 11.4 Å². The average molecular weight is 491 g/mol. The van der Waals surface area contributed by atoms with Gasteiger partial charge in [-0.15, -0.1) is 0 Å². The number of anilines is 2. The van der Waals surface area contributed by atoms with E-state index >= 15 is 0 Å². The maximum Gasteiger partial charge on any atom is 0.236 e. The van der Waals surface area contributed by atoms with Gasteiger partial charge >= 0.3 is 0 Å². The number of likely N-dealkylation sites (N-methyl/N-ethyl adjacent to an activating group) is 1. The Labute approximate surface area is 203 Å². The molecule has 0 saturated carbocycles. The normalized spacial score (nSPS) is 15.0. The summed E-state index contributed by atoms with van der Waals surface area (Å²) in [5.41, 5.74) is 3.52. The second kappa shape index (κ2) is 9.12. The number of fused-ring (bicyclic) bond motifs is 1. The number of nitrogens with zero attached hydrogens (tertiary/aromatic N) is 5. The summed E-state index contributed by atoms with van der Waals surface area (Å²) in [6, 6.07) is 16.7. The predicted molar refractivity (Wildman–Crippen MR) is 135 cm³/mol. The number of sulfone groups is 1. The minimum Gasteiger partial charge on any atom is -0.343 e. The highest BCUT2D eigenvalue weighted by Crippen LogP contribution is 2.22. The van der Waals surface area contributed by atoms with Gasteiger partial charge in [0.15, 0.2) is 9.84 Å². The third-order valence-electron chi connectivity index (χ3n) is 6.12. The lowest BCUT2D eigenvalue weighted by atomic mass is 10.2. The van der Waals surface area contributed by atoms with E-state index in [4.69, 9.17) is 0 Å². The Hall–Kier alpha value is -3.76. The van der Waals surface area contributed by atoms with Crippen LogP contribution >= 0.6 is 0 Å². The number of amides is 1. The molecule has 9 nitrogen and oxygen atoms in total. The number of rotatable bonds is 6. The van der Waals surface area contributed by atoms with E-state index in [1.54, 1.807) is 35.4 Å². The van der Waals surface area contributed by atoms with Crippen LogP contribution in [-0.4, -0.2) is 71.6 Å². The van der Waals surface area contributed by atoms with Gasteiger partial charge in [0.2, 0.25) is 11.9 Å². The third-order valence-corrected chi connectivity index (χ3v) is 7.25. The molecule has 1 amide bonds. The van der Waals surface area contributed by atoms with Crippen LogP contribution in [0.25, 0.3) is 16.7 Å². The molecular formula is C25H26N6O3S. The molecule has 0 bridgehead atoms. The van der Waals surface area contributed by atoms with E-state index < -0.39 is 9.84 Å². The molecule has 2 aromatic carbocycles. The van der Waals surface area contributed by atoms with Crippen molar-refractivity contribution in [3.8, 4) is 5.69 Å². The molecule has 4 aromatic rings.